The Kier molecular flexibility index (Phi) is 4.45. The van der Waals surface area contributed by atoms with E-state index in [-0.39, 0.29) is 5.54 Å². The fourth-order valence-electron chi connectivity index (χ4n) is 3.99. The van der Waals surface area contributed by atoms with Crippen LogP contribution in [-0.2, 0) is 5.60 Å². The molecule has 0 spiro atoms. The average Bonchev–Trinajstić information content (AvgIpc) is 2.56. The summed E-state index contributed by atoms with van der Waals surface area (Å²) >= 11 is 5.93. The lowest BCUT2D eigenvalue weighted by Gasteiger charge is -2.47. The Morgan fingerprint density at radius 3 is 2.14 bits per heavy atom. The lowest BCUT2D eigenvalue weighted by atomic mass is 9.77. The highest BCUT2D eigenvalue weighted by Crippen LogP contribution is 2.39. The van der Waals surface area contributed by atoms with Crippen molar-refractivity contribution in [3.8, 4) is 6.07 Å². The predicted octanol–water partition coefficient (Wildman–Crippen LogP) is 3.85. The molecule has 22 heavy (non-hydrogen) atoms. The molecule has 1 heterocycles. The largest absolute Gasteiger partial charge is 0.385 e. The molecule has 1 saturated carbocycles. The molecule has 3 nitrogen and oxygen atoms in total. The summed E-state index contributed by atoms with van der Waals surface area (Å²) in [5.74, 6) is 0. The van der Waals surface area contributed by atoms with Crippen LogP contribution in [-0.4, -0.2) is 28.6 Å². The van der Waals surface area contributed by atoms with Crippen molar-refractivity contribution in [3.05, 3.63) is 34.9 Å². The van der Waals surface area contributed by atoms with Crippen LogP contribution < -0.4 is 0 Å². The molecule has 1 aliphatic carbocycles. The first kappa shape index (κ1) is 15.8. The molecule has 1 aromatic rings. The van der Waals surface area contributed by atoms with Gasteiger partial charge in [0, 0.05) is 18.1 Å². The van der Waals surface area contributed by atoms with Crippen molar-refractivity contribution in [3.63, 3.8) is 0 Å². The van der Waals surface area contributed by atoms with Gasteiger partial charge < -0.3 is 5.11 Å². The molecule has 2 aliphatic rings. The molecule has 118 valence electrons. The number of likely N-dealkylation sites (tertiary alicyclic amines) is 1. The summed E-state index contributed by atoms with van der Waals surface area (Å²) in [6.45, 7) is 1.57. The van der Waals surface area contributed by atoms with Gasteiger partial charge in [-0.1, -0.05) is 43.0 Å². The minimum atomic E-state index is -0.785. The maximum Gasteiger partial charge on any atom is 0.109 e. The van der Waals surface area contributed by atoms with E-state index in [1.165, 1.54) is 6.42 Å². The Morgan fingerprint density at radius 1 is 1.00 bits per heavy atom. The summed E-state index contributed by atoms with van der Waals surface area (Å²) < 4.78 is 0. The molecule has 1 aromatic carbocycles. The van der Waals surface area contributed by atoms with Crippen LogP contribution in [0.3, 0.4) is 0 Å². The van der Waals surface area contributed by atoms with Crippen LogP contribution in [0.25, 0.3) is 0 Å². The van der Waals surface area contributed by atoms with E-state index in [9.17, 15) is 10.4 Å². The summed E-state index contributed by atoms with van der Waals surface area (Å²) in [6.07, 6.45) is 6.84. The zero-order valence-corrected chi connectivity index (χ0v) is 13.6. The first-order valence-corrected chi connectivity index (χ1v) is 8.61. The van der Waals surface area contributed by atoms with Gasteiger partial charge in [0.1, 0.15) is 5.54 Å². The molecule has 0 aromatic heterocycles. The van der Waals surface area contributed by atoms with Crippen molar-refractivity contribution in [1.82, 2.24) is 4.90 Å². The fraction of sp³-hybridized carbons (Fsp3) is 0.611. The molecule has 1 N–H and O–H groups in total. The molecule has 0 radical (unpaired) electrons. The minimum Gasteiger partial charge on any atom is -0.385 e. The molecule has 0 atom stereocenters. The van der Waals surface area contributed by atoms with E-state index in [0.29, 0.717) is 17.9 Å². The molecule has 1 aliphatic heterocycles. The Hall–Kier alpha value is -1.08. The molecule has 3 rings (SSSR count). The number of benzene rings is 1. The number of piperidine rings is 1. The standard InChI is InChI=1S/C18H23ClN2O/c19-16-6-4-15(5-7-16)18(22)10-12-21(13-11-18)17(14-20)8-2-1-3-9-17/h4-7,22H,1-3,8-13H2. The third-order valence-corrected chi connectivity index (χ3v) is 5.72. The van der Waals surface area contributed by atoms with Crippen LogP contribution >= 0.6 is 11.6 Å². The Balaban J connectivity index is 1.71. The Morgan fingerprint density at radius 2 is 1.59 bits per heavy atom. The minimum absolute atomic E-state index is 0.292. The number of nitrogens with zero attached hydrogens (tertiary/aromatic N) is 2. The summed E-state index contributed by atoms with van der Waals surface area (Å²) in [7, 11) is 0. The smallest absolute Gasteiger partial charge is 0.109 e. The van der Waals surface area contributed by atoms with Crippen molar-refractivity contribution in [1.29, 1.82) is 5.26 Å². The van der Waals surface area contributed by atoms with Crippen LogP contribution in [0.4, 0.5) is 0 Å². The zero-order valence-electron chi connectivity index (χ0n) is 12.9. The van der Waals surface area contributed by atoms with Crippen LogP contribution in [0.15, 0.2) is 24.3 Å². The van der Waals surface area contributed by atoms with Crippen LogP contribution in [0.1, 0.15) is 50.5 Å². The van der Waals surface area contributed by atoms with E-state index in [1.807, 2.05) is 24.3 Å². The van der Waals surface area contributed by atoms with Crippen molar-refractivity contribution in [2.24, 2.45) is 0 Å². The summed E-state index contributed by atoms with van der Waals surface area (Å²) in [6, 6.07) is 10.1. The van der Waals surface area contributed by atoms with Gasteiger partial charge in [-0.05, 0) is 43.4 Å². The Labute approximate surface area is 137 Å². The van der Waals surface area contributed by atoms with Gasteiger partial charge in [0.2, 0.25) is 0 Å². The summed E-state index contributed by atoms with van der Waals surface area (Å²) in [4.78, 5) is 2.32. The summed E-state index contributed by atoms with van der Waals surface area (Å²) in [5.41, 5.74) is -0.141. The second kappa shape index (κ2) is 6.20. The van der Waals surface area contributed by atoms with Gasteiger partial charge in [0.25, 0.3) is 0 Å². The molecule has 0 bridgehead atoms. The molecule has 1 saturated heterocycles. The first-order valence-electron chi connectivity index (χ1n) is 8.23. The van der Waals surface area contributed by atoms with Gasteiger partial charge in [-0.2, -0.15) is 5.26 Å². The molecule has 2 fully saturated rings. The van der Waals surface area contributed by atoms with Gasteiger partial charge >= 0.3 is 0 Å². The summed E-state index contributed by atoms with van der Waals surface area (Å²) in [5, 5.41) is 21.3. The molecule has 0 unspecified atom stereocenters. The number of aliphatic hydroxyl groups is 1. The lowest BCUT2D eigenvalue weighted by Crippen LogP contribution is -2.54. The normalized spacial score (nSPS) is 24.6. The van der Waals surface area contributed by atoms with E-state index in [1.54, 1.807) is 0 Å². The van der Waals surface area contributed by atoms with E-state index in [0.717, 1.165) is 44.3 Å². The monoisotopic (exact) mass is 318 g/mol. The number of halogens is 1. The van der Waals surface area contributed by atoms with E-state index in [4.69, 9.17) is 11.6 Å². The number of rotatable bonds is 2. The highest BCUT2D eigenvalue weighted by Gasteiger charge is 2.43. The quantitative estimate of drug-likeness (QED) is 0.901. The first-order chi connectivity index (χ1) is 10.6. The molecule has 4 heteroatoms. The SMILES string of the molecule is N#CC1(N2CCC(O)(c3ccc(Cl)cc3)CC2)CCCCC1. The second-order valence-electron chi connectivity index (χ2n) is 6.73. The maximum absolute atomic E-state index is 11.0. The predicted molar refractivity (Wildman–Crippen MR) is 87.6 cm³/mol. The van der Waals surface area contributed by atoms with Crippen molar-refractivity contribution >= 4 is 11.6 Å². The van der Waals surface area contributed by atoms with E-state index >= 15 is 0 Å². The number of nitriles is 1. The second-order valence-corrected chi connectivity index (χ2v) is 7.17. The van der Waals surface area contributed by atoms with E-state index < -0.39 is 5.60 Å². The van der Waals surface area contributed by atoms with Gasteiger partial charge in [0.15, 0.2) is 0 Å². The highest BCUT2D eigenvalue weighted by molar-refractivity contribution is 6.30. The third-order valence-electron chi connectivity index (χ3n) is 5.47. The fourth-order valence-corrected chi connectivity index (χ4v) is 4.11. The zero-order chi connectivity index (χ0) is 15.6. The van der Waals surface area contributed by atoms with Gasteiger partial charge in [0.05, 0.1) is 11.7 Å². The van der Waals surface area contributed by atoms with E-state index in [2.05, 4.69) is 11.0 Å². The molecule has 0 amide bonds. The number of hydrogen-bond donors (Lipinski definition) is 1. The van der Waals surface area contributed by atoms with Gasteiger partial charge in [-0.15, -0.1) is 0 Å². The highest BCUT2D eigenvalue weighted by atomic mass is 35.5. The average molecular weight is 319 g/mol. The van der Waals surface area contributed by atoms with Crippen molar-refractivity contribution < 1.29 is 5.11 Å². The van der Waals surface area contributed by atoms with Crippen molar-refractivity contribution in [2.45, 2.75) is 56.1 Å². The van der Waals surface area contributed by atoms with Gasteiger partial charge in [-0.3, -0.25) is 4.90 Å². The van der Waals surface area contributed by atoms with Gasteiger partial charge in [-0.25, -0.2) is 0 Å². The number of hydrogen-bond acceptors (Lipinski definition) is 3. The lowest BCUT2D eigenvalue weighted by molar-refractivity contribution is -0.0515. The maximum atomic E-state index is 11.0. The topological polar surface area (TPSA) is 47.3 Å². The van der Waals surface area contributed by atoms with Crippen LogP contribution in [0.5, 0.6) is 0 Å². The van der Waals surface area contributed by atoms with Crippen LogP contribution in [0, 0.1) is 11.3 Å². The third kappa shape index (κ3) is 2.88. The molecular formula is C18H23ClN2O. The molecular weight excluding hydrogens is 296 g/mol. The Bertz CT molecular complexity index is 549. The van der Waals surface area contributed by atoms with Crippen molar-refractivity contribution in [2.75, 3.05) is 13.1 Å². The van der Waals surface area contributed by atoms with Crippen LogP contribution in [0.2, 0.25) is 5.02 Å².